The van der Waals surface area contributed by atoms with Crippen LogP contribution in [0.4, 0.5) is 5.82 Å². The summed E-state index contributed by atoms with van der Waals surface area (Å²) in [6.45, 7) is 3.35. The fourth-order valence-electron chi connectivity index (χ4n) is 3.74. The summed E-state index contributed by atoms with van der Waals surface area (Å²) in [6.07, 6.45) is 4.90. The average molecular weight is 403 g/mol. The summed E-state index contributed by atoms with van der Waals surface area (Å²) >= 11 is 0. The third kappa shape index (κ3) is 2.90. The van der Waals surface area contributed by atoms with E-state index in [0.717, 1.165) is 17.5 Å². The largest absolute Gasteiger partial charge is 0.479 e. The molecule has 4 aromatic rings. The molecule has 0 spiro atoms. The maximum Gasteiger partial charge on any atom is 0.254 e. The number of hydrogen-bond acceptors (Lipinski definition) is 6. The van der Waals surface area contributed by atoms with Gasteiger partial charge in [-0.3, -0.25) is 9.69 Å². The van der Waals surface area contributed by atoms with Crippen molar-refractivity contribution in [2.75, 3.05) is 18.6 Å². The summed E-state index contributed by atoms with van der Waals surface area (Å²) in [5.74, 6) is 1.43. The summed E-state index contributed by atoms with van der Waals surface area (Å²) in [6, 6.07) is 9.88. The first-order chi connectivity index (χ1) is 14.7. The fraction of sp³-hybridized carbons (Fsp3) is 0.286. The van der Waals surface area contributed by atoms with Gasteiger partial charge in [0.2, 0.25) is 11.8 Å². The second kappa shape index (κ2) is 7.25. The Morgan fingerprint density at radius 2 is 2.00 bits per heavy atom. The third-order valence-electron chi connectivity index (χ3n) is 5.27. The van der Waals surface area contributed by atoms with Gasteiger partial charge in [0, 0.05) is 25.7 Å². The highest BCUT2D eigenvalue weighted by Crippen LogP contribution is 2.31. The van der Waals surface area contributed by atoms with E-state index in [4.69, 9.17) is 14.7 Å². The van der Waals surface area contributed by atoms with Crippen LogP contribution in [0.15, 0.2) is 42.9 Å². The van der Waals surface area contributed by atoms with Crippen LogP contribution in [0.3, 0.4) is 0 Å². The van der Waals surface area contributed by atoms with Gasteiger partial charge in [-0.25, -0.2) is 9.67 Å². The van der Waals surface area contributed by atoms with E-state index < -0.39 is 0 Å². The number of fused-ring (bicyclic) bond motifs is 1. The van der Waals surface area contributed by atoms with E-state index >= 15 is 0 Å². The van der Waals surface area contributed by atoms with Crippen LogP contribution in [-0.4, -0.2) is 48.9 Å². The van der Waals surface area contributed by atoms with Gasteiger partial charge in [0.25, 0.3) is 5.95 Å². The molecule has 0 atom stereocenters. The molecule has 30 heavy (non-hydrogen) atoms. The van der Waals surface area contributed by atoms with Gasteiger partial charge in [-0.15, -0.1) is 5.10 Å². The van der Waals surface area contributed by atoms with E-state index in [1.165, 1.54) is 0 Å². The van der Waals surface area contributed by atoms with Crippen molar-refractivity contribution in [3.8, 4) is 23.0 Å². The number of imidazole rings is 1. The number of hydrogen-bond donors (Lipinski definition) is 0. The van der Waals surface area contributed by atoms with E-state index in [0.29, 0.717) is 48.3 Å². The van der Waals surface area contributed by atoms with Crippen LogP contribution in [0.25, 0.3) is 28.2 Å². The molecule has 1 fully saturated rings. The summed E-state index contributed by atoms with van der Waals surface area (Å²) < 4.78 is 9.03. The Kier molecular flexibility index (Phi) is 4.42. The topological polar surface area (TPSA) is 91.0 Å². The van der Waals surface area contributed by atoms with Crippen molar-refractivity contribution in [3.63, 3.8) is 0 Å². The second-order valence-electron chi connectivity index (χ2n) is 7.06. The Hall–Kier alpha value is -3.75. The van der Waals surface area contributed by atoms with Gasteiger partial charge in [0.1, 0.15) is 0 Å². The molecule has 0 N–H and O–H groups in total. The molecule has 0 aliphatic carbocycles. The minimum atomic E-state index is 0.0509. The van der Waals surface area contributed by atoms with Gasteiger partial charge in [-0.1, -0.05) is 30.3 Å². The number of methoxy groups -OCH3 is 1. The number of benzene rings is 1. The second-order valence-corrected chi connectivity index (χ2v) is 7.06. The molecule has 1 amide bonds. The molecule has 1 aromatic carbocycles. The first-order valence-corrected chi connectivity index (χ1v) is 9.92. The number of aryl methyl sites for hydroxylation is 1. The monoisotopic (exact) mass is 403 g/mol. The molecule has 0 saturated carbocycles. The highest BCUT2D eigenvalue weighted by Gasteiger charge is 2.28. The van der Waals surface area contributed by atoms with Crippen molar-refractivity contribution >= 4 is 22.9 Å². The van der Waals surface area contributed by atoms with Crippen molar-refractivity contribution in [1.82, 2.24) is 29.3 Å². The zero-order valence-electron chi connectivity index (χ0n) is 16.8. The molecular weight excluding hydrogens is 382 g/mol. The molecule has 9 heteroatoms. The zero-order chi connectivity index (χ0) is 20.7. The molecule has 5 rings (SSSR count). The van der Waals surface area contributed by atoms with E-state index in [2.05, 4.69) is 10.1 Å². The third-order valence-corrected chi connectivity index (χ3v) is 5.27. The lowest BCUT2D eigenvalue weighted by Crippen LogP contribution is -2.26. The normalized spacial score (nSPS) is 14.1. The van der Waals surface area contributed by atoms with Crippen LogP contribution in [-0.2, 0) is 11.3 Å². The Bertz CT molecular complexity index is 1230. The van der Waals surface area contributed by atoms with Crippen LogP contribution >= 0.6 is 0 Å². The van der Waals surface area contributed by atoms with Gasteiger partial charge < -0.3 is 9.30 Å². The summed E-state index contributed by atoms with van der Waals surface area (Å²) in [7, 11) is 1.59. The van der Waals surface area contributed by atoms with Crippen LogP contribution in [0, 0.1) is 0 Å². The lowest BCUT2D eigenvalue weighted by Gasteiger charge is -2.15. The van der Waals surface area contributed by atoms with Gasteiger partial charge in [-0.05, 0) is 18.9 Å². The maximum atomic E-state index is 12.4. The number of anilines is 1. The Labute approximate surface area is 172 Å². The molecule has 0 unspecified atom stereocenters. The molecule has 9 nitrogen and oxygen atoms in total. The van der Waals surface area contributed by atoms with Crippen molar-refractivity contribution in [2.24, 2.45) is 0 Å². The first-order valence-electron chi connectivity index (χ1n) is 9.92. The van der Waals surface area contributed by atoms with Crippen LogP contribution in [0.2, 0.25) is 0 Å². The number of ether oxygens (including phenoxy) is 1. The number of carbonyl (C=O) groups excluding carboxylic acids is 1. The molecule has 3 aromatic heterocycles. The van der Waals surface area contributed by atoms with E-state index in [9.17, 15) is 4.79 Å². The predicted octanol–water partition coefficient (Wildman–Crippen LogP) is 2.83. The molecular formula is C21H21N7O2. The van der Waals surface area contributed by atoms with E-state index in [1.54, 1.807) is 23.0 Å². The fourth-order valence-corrected chi connectivity index (χ4v) is 3.74. The molecule has 4 heterocycles. The van der Waals surface area contributed by atoms with Gasteiger partial charge in [0.05, 0.1) is 19.0 Å². The molecule has 152 valence electrons. The standard InChI is InChI=1S/C21H21N7O2/c1-3-26-13-22-17-18(26)23-21(24-19(17)27-11-7-10-16(27)29)28-12-15(20(25-28)30-2)14-8-5-4-6-9-14/h4-6,8-9,12-13H,3,7,10-11H2,1-2H3. The Morgan fingerprint density at radius 3 is 2.70 bits per heavy atom. The minimum Gasteiger partial charge on any atom is -0.479 e. The van der Waals surface area contributed by atoms with E-state index in [1.807, 2.05) is 48.0 Å². The van der Waals surface area contributed by atoms with Crippen molar-refractivity contribution in [1.29, 1.82) is 0 Å². The number of rotatable bonds is 5. The number of aromatic nitrogens is 6. The SMILES string of the molecule is CCn1cnc2c(N3CCCC3=O)nc(-n3cc(-c4ccccc4)c(OC)n3)nc21. The van der Waals surface area contributed by atoms with Gasteiger partial charge in [-0.2, -0.15) is 9.97 Å². The van der Waals surface area contributed by atoms with Crippen LogP contribution in [0.5, 0.6) is 5.88 Å². The highest BCUT2D eigenvalue weighted by molar-refractivity contribution is 6.00. The van der Waals surface area contributed by atoms with Crippen molar-refractivity contribution in [3.05, 3.63) is 42.9 Å². The van der Waals surface area contributed by atoms with Gasteiger partial charge >= 0.3 is 0 Å². The van der Waals surface area contributed by atoms with E-state index in [-0.39, 0.29) is 5.91 Å². The number of amides is 1. The lowest BCUT2D eigenvalue weighted by molar-refractivity contribution is -0.117. The lowest BCUT2D eigenvalue weighted by atomic mass is 10.1. The number of nitrogens with zero attached hydrogens (tertiary/aromatic N) is 7. The van der Waals surface area contributed by atoms with Gasteiger partial charge in [0.15, 0.2) is 17.0 Å². The predicted molar refractivity (Wildman–Crippen MR) is 112 cm³/mol. The van der Waals surface area contributed by atoms with Crippen LogP contribution in [0.1, 0.15) is 19.8 Å². The summed E-state index contributed by atoms with van der Waals surface area (Å²) in [5, 5.41) is 4.55. The first kappa shape index (κ1) is 18.3. The maximum absolute atomic E-state index is 12.4. The zero-order valence-corrected chi connectivity index (χ0v) is 16.8. The Morgan fingerprint density at radius 1 is 1.17 bits per heavy atom. The highest BCUT2D eigenvalue weighted by atomic mass is 16.5. The van der Waals surface area contributed by atoms with Crippen molar-refractivity contribution in [2.45, 2.75) is 26.3 Å². The molecule has 1 aliphatic heterocycles. The van der Waals surface area contributed by atoms with Crippen molar-refractivity contribution < 1.29 is 9.53 Å². The molecule has 1 aliphatic rings. The smallest absolute Gasteiger partial charge is 0.254 e. The molecule has 0 radical (unpaired) electrons. The minimum absolute atomic E-state index is 0.0509. The summed E-state index contributed by atoms with van der Waals surface area (Å²) in [4.78, 5) is 28.0. The number of carbonyl (C=O) groups is 1. The molecule has 0 bridgehead atoms. The Balaban J connectivity index is 1.69. The quantitative estimate of drug-likeness (QED) is 0.509. The average Bonchev–Trinajstić information content (AvgIpc) is 3.51. The van der Waals surface area contributed by atoms with Crippen LogP contribution < -0.4 is 9.64 Å². The molecule has 1 saturated heterocycles. The summed E-state index contributed by atoms with van der Waals surface area (Å²) in [5.41, 5.74) is 3.12.